The fourth-order valence-electron chi connectivity index (χ4n) is 5.40. The normalized spacial score (nSPS) is 35.8. The Morgan fingerprint density at radius 3 is 2.26 bits per heavy atom. The maximum atomic E-state index is 12.7. The standard InChI is InChI=1S/C20H27NO2/c1-2-18(23-17-6-4-3-5-7-17)20(22)21-19-15-9-13-8-14(11-15)12-16(19)10-13/h3-7,13-16,18-19H,2,8-12H2,1H3,(H,21,22)/t13?,14?,15?,16?,18-,19?/m0/s1. The van der Waals surface area contributed by atoms with Gasteiger partial charge in [0.05, 0.1) is 0 Å². The van der Waals surface area contributed by atoms with Gasteiger partial charge in [0.25, 0.3) is 5.91 Å². The Hall–Kier alpha value is -1.51. The van der Waals surface area contributed by atoms with E-state index in [4.69, 9.17) is 4.74 Å². The van der Waals surface area contributed by atoms with E-state index >= 15 is 0 Å². The average Bonchev–Trinajstić information content (AvgIpc) is 2.56. The minimum atomic E-state index is -0.380. The first-order valence-corrected chi connectivity index (χ1v) is 9.25. The number of hydrogen-bond acceptors (Lipinski definition) is 2. The van der Waals surface area contributed by atoms with Gasteiger partial charge in [0.1, 0.15) is 5.75 Å². The van der Waals surface area contributed by atoms with Crippen molar-refractivity contribution in [3.8, 4) is 5.75 Å². The number of hydrogen-bond donors (Lipinski definition) is 1. The third-order valence-electron chi connectivity index (χ3n) is 6.22. The van der Waals surface area contributed by atoms with Crippen LogP contribution in [0.5, 0.6) is 5.75 Å². The summed E-state index contributed by atoms with van der Waals surface area (Å²) >= 11 is 0. The summed E-state index contributed by atoms with van der Waals surface area (Å²) < 4.78 is 5.91. The Morgan fingerprint density at radius 2 is 1.70 bits per heavy atom. The molecule has 4 aliphatic rings. The molecule has 0 radical (unpaired) electrons. The van der Waals surface area contributed by atoms with Crippen LogP contribution in [0, 0.1) is 23.7 Å². The van der Waals surface area contributed by atoms with Gasteiger partial charge in [-0.25, -0.2) is 0 Å². The SMILES string of the molecule is CC[C@H](Oc1ccccc1)C(=O)NC1C2CC3CC(C2)CC1C3. The maximum absolute atomic E-state index is 12.7. The molecule has 3 heteroatoms. The molecular weight excluding hydrogens is 286 g/mol. The van der Waals surface area contributed by atoms with Crippen LogP contribution in [0.1, 0.15) is 45.4 Å². The Labute approximate surface area is 138 Å². The lowest BCUT2D eigenvalue weighted by Crippen LogP contribution is -2.57. The Kier molecular flexibility index (Phi) is 4.04. The van der Waals surface area contributed by atoms with Gasteiger partial charge in [-0.3, -0.25) is 4.79 Å². The van der Waals surface area contributed by atoms with E-state index in [9.17, 15) is 4.79 Å². The number of para-hydroxylation sites is 1. The highest BCUT2D eigenvalue weighted by Crippen LogP contribution is 2.53. The van der Waals surface area contributed by atoms with Gasteiger partial charge in [-0.1, -0.05) is 25.1 Å². The van der Waals surface area contributed by atoms with Crippen LogP contribution in [0.3, 0.4) is 0 Å². The first-order valence-electron chi connectivity index (χ1n) is 9.25. The van der Waals surface area contributed by atoms with Crippen LogP contribution in [0.15, 0.2) is 30.3 Å². The zero-order chi connectivity index (χ0) is 15.8. The van der Waals surface area contributed by atoms with Crippen molar-refractivity contribution >= 4 is 5.91 Å². The smallest absolute Gasteiger partial charge is 0.261 e. The highest BCUT2D eigenvalue weighted by molar-refractivity contribution is 5.81. The molecular formula is C20H27NO2. The molecule has 4 fully saturated rings. The second kappa shape index (κ2) is 6.18. The molecule has 1 aromatic rings. The van der Waals surface area contributed by atoms with Gasteiger partial charge < -0.3 is 10.1 Å². The van der Waals surface area contributed by atoms with Crippen LogP contribution in [0.4, 0.5) is 0 Å². The van der Waals surface area contributed by atoms with E-state index < -0.39 is 0 Å². The molecule has 4 aliphatic carbocycles. The summed E-state index contributed by atoms with van der Waals surface area (Å²) in [7, 11) is 0. The summed E-state index contributed by atoms with van der Waals surface area (Å²) in [5, 5.41) is 3.37. The molecule has 0 heterocycles. The number of ether oxygens (including phenoxy) is 1. The van der Waals surface area contributed by atoms with Gasteiger partial charge >= 0.3 is 0 Å². The maximum Gasteiger partial charge on any atom is 0.261 e. The van der Waals surface area contributed by atoms with E-state index in [1.807, 2.05) is 37.3 Å². The van der Waals surface area contributed by atoms with Crippen molar-refractivity contribution in [2.24, 2.45) is 23.7 Å². The van der Waals surface area contributed by atoms with E-state index in [1.54, 1.807) is 0 Å². The highest BCUT2D eigenvalue weighted by atomic mass is 16.5. The molecule has 3 nitrogen and oxygen atoms in total. The molecule has 0 aliphatic heterocycles. The fourth-order valence-corrected chi connectivity index (χ4v) is 5.40. The first-order chi connectivity index (χ1) is 11.2. The first kappa shape index (κ1) is 15.0. The number of carbonyl (C=O) groups excluding carboxylic acids is 1. The quantitative estimate of drug-likeness (QED) is 0.898. The van der Waals surface area contributed by atoms with Crippen molar-refractivity contribution < 1.29 is 9.53 Å². The number of carbonyl (C=O) groups is 1. The van der Waals surface area contributed by atoms with Gasteiger partial charge in [0, 0.05) is 6.04 Å². The Balaban J connectivity index is 1.40. The van der Waals surface area contributed by atoms with Gasteiger partial charge in [0.2, 0.25) is 0 Å². The van der Waals surface area contributed by atoms with Gasteiger partial charge in [-0.05, 0) is 74.3 Å². The molecule has 1 N–H and O–H groups in total. The lowest BCUT2D eigenvalue weighted by atomic mass is 9.54. The Bertz CT molecular complexity index is 528. The second-order valence-electron chi connectivity index (χ2n) is 7.79. The molecule has 1 atom stereocenters. The number of amides is 1. The minimum Gasteiger partial charge on any atom is -0.481 e. The number of rotatable bonds is 5. The van der Waals surface area contributed by atoms with E-state index in [1.165, 1.54) is 32.1 Å². The van der Waals surface area contributed by atoms with Crippen LogP contribution in [-0.2, 0) is 4.79 Å². The highest BCUT2D eigenvalue weighted by Gasteiger charge is 2.48. The molecule has 0 saturated heterocycles. The van der Waals surface area contributed by atoms with Crippen molar-refractivity contribution in [1.82, 2.24) is 5.32 Å². The lowest BCUT2D eigenvalue weighted by molar-refractivity contribution is -0.132. The second-order valence-corrected chi connectivity index (χ2v) is 7.79. The predicted molar refractivity (Wildman–Crippen MR) is 90.1 cm³/mol. The van der Waals surface area contributed by atoms with Crippen molar-refractivity contribution in [3.05, 3.63) is 30.3 Å². The molecule has 23 heavy (non-hydrogen) atoms. The molecule has 1 amide bonds. The Morgan fingerprint density at radius 1 is 1.09 bits per heavy atom. The molecule has 0 spiro atoms. The van der Waals surface area contributed by atoms with Crippen molar-refractivity contribution in [3.63, 3.8) is 0 Å². The van der Waals surface area contributed by atoms with Crippen LogP contribution in [0.2, 0.25) is 0 Å². The van der Waals surface area contributed by atoms with E-state index in [-0.39, 0.29) is 12.0 Å². The molecule has 124 valence electrons. The fraction of sp³-hybridized carbons (Fsp3) is 0.650. The van der Waals surface area contributed by atoms with E-state index in [0.717, 1.165) is 17.6 Å². The number of benzene rings is 1. The van der Waals surface area contributed by atoms with Crippen molar-refractivity contribution in [2.45, 2.75) is 57.6 Å². The molecule has 1 aromatic carbocycles. The lowest BCUT2D eigenvalue weighted by Gasteiger charge is -2.54. The summed E-state index contributed by atoms with van der Waals surface area (Å²) in [6.45, 7) is 2.02. The van der Waals surface area contributed by atoms with Crippen LogP contribution in [-0.4, -0.2) is 18.1 Å². The zero-order valence-electron chi connectivity index (χ0n) is 13.9. The van der Waals surface area contributed by atoms with Gasteiger partial charge in [0.15, 0.2) is 6.10 Å². The van der Waals surface area contributed by atoms with Gasteiger partial charge in [-0.2, -0.15) is 0 Å². The number of nitrogens with one attached hydrogen (secondary N) is 1. The van der Waals surface area contributed by atoms with E-state index in [0.29, 0.717) is 24.3 Å². The third kappa shape index (κ3) is 2.98. The van der Waals surface area contributed by atoms with Crippen molar-refractivity contribution in [1.29, 1.82) is 0 Å². The summed E-state index contributed by atoms with van der Waals surface area (Å²) in [5.74, 6) is 4.16. The largest absolute Gasteiger partial charge is 0.481 e. The predicted octanol–water partition coefficient (Wildman–Crippen LogP) is 3.78. The molecule has 0 unspecified atom stereocenters. The summed E-state index contributed by atoms with van der Waals surface area (Å²) in [5.41, 5.74) is 0. The van der Waals surface area contributed by atoms with Crippen LogP contribution >= 0.6 is 0 Å². The average molecular weight is 313 g/mol. The molecule has 4 saturated carbocycles. The topological polar surface area (TPSA) is 38.3 Å². The third-order valence-corrected chi connectivity index (χ3v) is 6.22. The summed E-state index contributed by atoms with van der Waals surface area (Å²) in [6.07, 6.45) is 7.08. The summed E-state index contributed by atoms with van der Waals surface area (Å²) in [4.78, 5) is 12.7. The molecule has 0 aromatic heterocycles. The van der Waals surface area contributed by atoms with Gasteiger partial charge in [-0.15, -0.1) is 0 Å². The minimum absolute atomic E-state index is 0.0776. The summed E-state index contributed by atoms with van der Waals surface area (Å²) in [6, 6.07) is 10.1. The van der Waals surface area contributed by atoms with Crippen LogP contribution in [0.25, 0.3) is 0 Å². The van der Waals surface area contributed by atoms with Crippen molar-refractivity contribution in [2.75, 3.05) is 0 Å². The monoisotopic (exact) mass is 313 g/mol. The molecule has 5 rings (SSSR count). The molecule has 4 bridgehead atoms. The zero-order valence-corrected chi connectivity index (χ0v) is 13.9. The van der Waals surface area contributed by atoms with E-state index in [2.05, 4.69) is 5.32 Å². The van der Waals surface area contributed by atoms with Crippen LogP contribution < -0.4 is 10.1 Å².